The zero-order chi connectivity index (χ0) is 14.7. The highest BCUT2D eigenvalue weighted by Gasteiger charge is 2.25. The number of ether oxygens (including phenoxy) is 1. The molecule has 3 rings (SSSR count). The standard InChI is InChI=1S/C18H22N2O/c1-21-17-11-14(10-16(19)12-17)13-20-9-5-8-18(20)15-6-3-2-4-7-15/h2-4,6-7,10-12,18H,5,8-9,13,19H2,1H3. The van der Waals surface area contributed by atoms with Crippen molar-refractivity contribution >= 4 is 5.69 Å². The van der Waals surface area contributed by atoms with Crippen molar-refractivity contribution in [3.8, 4) is 5.75 Å². The lowest BCUT2D eigenvalue weighted by Crippen LogP contribution is -2.22. The van der Waals surface area contributed by atoms with Gasteiger partial charge in [0.1, 0.15) is 5.75 Å². The zero-order valence-corrected chi connectivity index (χ0v) is 12.5. The minimum atomic E-state index is 0.513. The number of nitrogens with zero attached hydrogens (tertiary/aromatic N) is 1. The molecule has 3 nitrogen and oxygen atoms in total. The molecule has 1 heterocycles. The van der Waals surface area contributed by atoms with Gasteiger partial charge in [-0.2, -0.15) is 0 Å². The third-order valence-electron chi connectivity index (χ3n) is 4.16. The van der Waals surface area contributed by atoms with E-state index in [1.54, 1.807) is 7.11 Å². The molecule has 1 saturated heterocycles. The Kier molecular flexibility index (Phi) is 4.11. The fourth-order valence-electron chi connectivity index (χ4n) is 3.20. The molecule has 0 bridgehead atoms. The molecule has 1 fully saturated rings. The van der Waals surface area contributed by atoms with Crippen molar-refractivity contribution in [2.24, 2.45) is 0 Å². The monoisotopic (exact) mass is 282 g/mol. The number of hydrogen-bond donors (Lipinski definition) is 1. The third-order valence-corrected chi connectivity index (χ3v) is 4.16. The van der Waals surface area contributed by atoms with Crippen LogP contribution in [0.2, 0.25) is 0 Å². The van der Waals surface area contributed by atoms with Crippen LogP contribution in [0.1, 0.15) is 30.0 Å². The summed E-state index contributed by atoms with van der Waals surface area (Å²) in [6.07, 6.45) is 2.47. The lowest BCUT2D eigenvalue weighted by atomic mass is 10.0. The van der Waals surface area contributed by atoms with Gasteiger partial charge in [-0.05, 0) is 42.6 Å². The van der Waals surface area contributed by atoms with Gasteiger partial charge in [0.2, 0.25) is 0 Å². The highest BCUT2D eigenvalue weighted by molar-refractivity contribution is 5.47. The fraction of sp³-hybridized carbons (Fsp3) is 0.333. The highest BCUT2D eigenvalue weighted by atomic mass is 16.5. The van der Waals surface area contributed by atoms with Gasteiger partial charge in [0, 0.05) is 24.3 Å². The maximum Gasteiger partial charge on any atom is 0.121 e. The van der Waals surface area contributed by atoms with E-state index in [2.05, 4.69) is 41.3 Å². The molecule has 0 radical (unpaired) electrons. The van der Waals surface area contributed by atoms with Crippen LogP contribution in [0.25, 0.3) is 0 Å². The smallest absolute Gasteiger partial charge is 0.121 e. The van der Waals surface area contributed by atoms with Crippen molar-refractivity contribution in [1.29, 1.82) is 0 Å². The molecule has 2 aromatic rings. The third kappa shape index (κ3) is 3.19. The number of benzene rings is 2. The summed E-state index contributed by atoms with van der Waals surface area (Å²) in [5.74, 6) is 0.834. The number of nitrogen functional groups attached to an aromatic ring is 1. The Labute approximate surface area is 126 Å². The summed E-state index contributed by atoms with van der Waals surface area (Å²) < 4.78 is 5.31. The van der Waals surface area contributed by atoms with Gasteiger partial charge in [-0.3, -0.25) is 4.90 Å². The minimum absolute atomic E-state index is 0.513. The zero-order valence-electron chi connectivity index (χ0n) is 12.5. The van der Waals surface area contributed by atoms with Gasteiger partial charge in [0.15, 0.2) is 0 Å². The SMILES string of the molecule is COc1cc(N)cc(CN2CCCC2c2ccccc2)c1. The molecule has 2 N–H and O–H groups in total. The Bertz CT molecular complexity index is 597. The Morgan fingerprint density at radius 2 is 2.00 bits per heavy atom. The summed E-state index contributed by atoms with van der Waals surface area (Å²) in [4.78, 5) is 2.53. The van der Waals surface area contributed by atoms with Crippen LogP contribution in [-0.2, 0) is 6.54 Å². The van der Waals surface area contributed by atoms with E-state index in [1.807, 2.05) is 12.1 Å². The molecule has 1 atom stereocenters. The number of hydrogen-bond acceptors (Lipinski definition) is 3. The predicted octanol–water partition coefficient (Wildman–Crippen LogP) is 3.61. The van der Waals surface area contributed by atoms with Gasteiger partial charge in [-0.1, -0.05) is 30.3 Å². The van der Waals surface area contributed by atoms with Gasteiger partial charge in [0.05, 0.1) is 7.11 Å². The average molecular weight is 282 g/mol. The van der Waals surface area contributed by atoms with Crippen LogP contribution in [0.5, 0.6) is 5.75 Å². The summed E-state index contributed by atoms with van der Waals surface area (Å²) in [5.41, 5.74) is 9.35. The average Bonchev–Trinajstić information content (AvgIpc) is 2.95. The van der Waals surface area contributed by atoms with Crippen LogP contribution in [0.3, 0.4) is 0 Å². The summed E-state index contributed by atoms with van der Waals surface area (Å²) in [6.45, 7) is 2.05. The van der Waals surface area contributed by atoms with Gasteiger partial charge >= 0.3 is 0 Å². The number of nitrogens with two attached hydrogens (primary N) is 1. The Balaban J connectivity index is 1.79. The molecule has 1 unspecified atom stereocenters. The number of anilines is 1. The topological polar surface area (TPSA) is 38.5 Å². The molecule has 0 spiro atoms. The second kappa shape index (κ2) is 6.19. The van der Waals surface area contributed by atoms with Crippen molar-refractivity contribution in [1.82, 2.24) is 4.90 Å². The highest BCUT2D eigenvalue weighted by Crippen LogP contribution is 2.33. The molecule has 1 aliphatic heterocycles. The van der Waals surface area contributed by atoms with Crippen LogP contribution < -0.4 is 10.5 Å². The van der Waals surface area contributed by atoms with E-state index >= 15 is 0 Å². The first kappa shape index (κ1) is 14.0. The molecule has 0 aliphatic carbocycles. The number of likely N-dealkylation sites (tertiary alicyclic amines) is 1. The lowest BCUT2D eigenvalue weighted by molar-refractivity contribution is 0.248. The Morgan fingerprint density at radius 3 is 2.76 bits per heavy atom. The summed E-state index contributed by atoms with van der Waals surface area (Å²) in [6, 6.07) is 17.3. The van der Waals surface area contributed by atoms with E-state index in [9.17, 15) is 0 Å². The largest absolute Gasteiger partial charge is 0.497 e. The molecule has 0 aromatic heterocycles. The van der Waals surface area contributed by atoms with Crippen molar-refractivity contribution in [2.45, 2.75) is 25.4 Å². The predicted molar refractivity (Wildman–Crippen MR) is 86.2 cm³/mol. The van der Waals surface area contributed by atoms with Crippen molar-refractivity contribution < 1.29 is 4.74 Å². The van der Waals surface area contributed by atoms with Crippen LogP contribution in [0.4, 0.5) is 5.69 Å². The normalized spacial score (nSPS) is 18.8. The first-order chi connectivity index (χ1) is 10.3. The van der Waals surface area contributed by atoms with Gasteiger partial charge in [-0.15, -0.1) is 0 Å². The molecular formula is C18H22N2O. The van der Waals surface area contributed by atoms with Crippen LogP contribution >= 0.6 is 0 Å². The number of rotatable bonds is 4. The molecule has 21 heavy (non-hydrogen) atoms. The molecule has 1 aliphatic rings. The first-order valence-electron chi connectivity index (χ1n) is 7.48. The second-order valence-corrected chi connectivity index (χ2v) is 5.65. The van der Waals surface area contributed by atoms with E-state index in [-0.39, 0.29) is 0 Å². The van der Waals surface area contributed by atoms with E-state index in [1.165, 1.54) is 24.0 Å². The van der Waals surface area contributed by atoms with Gasteiger partial charge in [-0.25, -0.2) is 0 Å². The van der Waals surface area contributed by atoms with E-state index in [4.69, 9.17) is 10.5 Å². The van der Waals surface area contributed by atoms with Gasteiger partial charge in [0.25, 0.3) is 0 Å². The molecule has 0 amide bonds. The first-order valence-corrected chi connectivity index (χ1v) is 7.48. The van der Waals surface area contributed by atoms with Gasteiger partial charge < -0.3 is 10.5 Å². The lowest BCUT2D eigenvalue weighted by Gasteiger charge is -2.25. The van der Waals surface area contributed by atoms with E-state index < -0.39 is 0 Å². The van der Waals surface area contributed by atoms with Crippen molar-refractivity contribution in [3.63, 3.8) is 0 Å². The maximum absolute atomic E-state index is 5.96. The molecule has 0 saturated carbocycles. The number of methoxy groups -OCH3 is 1. The summed E-state index contributed by atoms with van der Waals surface area (Å²) in [5, 5.41) is 0. The Hall–Kier alpha value is -2.00. The second-order valence-electron chi connectivity index (χ2n) is 5.65. The molecular weight excluding hydrogens is 260 g/mol. The van der Waals surface area contributed by atoms with Crippen molar-refractivity contribution in [3.05, 3.63) is 59.7 Å². The van der Waals surface area contributed by atoms with Crippen LogP contribution in [0.15, 0.2) is 48.5 Å². The minimum Gasteiger partial charge on any atom is -0.497 e. The van der Waals surface area contributed by atoms with E-state index in [0.717, 1.165) is 24.5 Å². The molecule has 110 valence electrons. The fourth-order valence-corrected chi connectivity index (χ4v) is 3.20. The summed E-state index contributed by atoms with van der Waals surface area (Å²) >= 11 is 0. The quantitative estimate of drug-likeness (QED) is 0.871. The summed E-state index contributed by atoms with van der Waals surface area (Å²) in [7, 11) is 1.68. The molecule has 3 heteroatoms. The van der Waals surface area contributed by atoms with Crippen LogP contribution in [-0.4, -0.2) is 18.6 Å². The Morgan fingerprint density at radius 1 is 1.19 bits per heavy atom. The maximum atomic E-state index is 5.96. The van der Waals surface area contributed by atoms with Crippen LogP contribution in [0, 0.1) is 0 Å². The van der Waals surface area contributed by atoms with E-state index in [0.29, 0.717) is 6.04 Å². The molecule has 2 aromatic carbocycles. The van der Waals surface area contributed by atoms with Crippen molar-refractivity contribution in [2.75, 3.05) is 19.4 Å².